The van der Waals surface area contributed by atoms with Crippen LogP contribution >= 0.6 is 0 Å². The minimum Gasteiger partial charge on any atom is -0.481 e. The molecule has 3 nitrogen and oxygen atoms in total. The zero-order valence-corrected chi connectivity index (χ0v) is 9.84. The molecule has 0 aromatic heterocycles. The van der Waals surface area contributed by atoms with E-state index in [-0.39, 0.29) is 18.4 Å². The maximum atomic E-state index is 10.9. The van der Waals surface area contributed by atoms with Crippen molar-refractivity contribution in [3.05, 3.63) is 36.6 Å². The Morgan fingerprint density at radius 1 is 1.56 bits per heavy atom. The van der Waals surface area contributed by atoms with Crippen LogP contribution in [0.4, 0.5) is 0 Å². The van der Waals surface area contributed by atoms with Crippen LogP contribution in [0.15, 0.2) is 36.6 Å². The van der Waals surface area contributed by atoms with E-state index < -0.39 is 5.97 Å². The highest BCUT2D eigenvalue weighted by Crippen LogP contribution is 2.18. The Morgan fingerprint density at radius 3 is 2.81 bits per heavy atom. The lowest BCUT2D eigenvalue weighted by Crippen LogP contribution is -2.38. The first-order valence-corrected chi connectivity index (χ1v) is 5.59. The number of carbonyl (C=O) groups is 1. The molecule has 16 heavy (non-hydrogen) atoms. The summed E-state index contributed by atoms with van der Waals surface area (Å²) in [7, 11) is 0. The molecule has 1 rings (SSSR count). The van der Waals surface area contributed by atoms with E-state index in [4.69, 9.17) is 5.11 Å². The van der Waals surface area contributed by atoms with E-state index in [1.165, 1.54) is 0 Å². The summed E-state index contributed by atoms with van der Waals surface area (Å²) in [4.78, 5) is 13.0. The Kier molecular flexibility index (Phi) is 4.83. The molecule has 0 aromatic rings. The number of carboxylic acids is 1. The Labute approximate surface area is 96.8 Å². The van der Waals surface area contributed by atoms with Crippen LogP contribution in [-0.2, 0) is 4.79 Å². The zero-order chi connectivity index (χ0) is 12.0. The van der Waals surface area contributed by atoms with Crippen LogP contribution in [0, 0.1) is 5.92 Å². The van der Waals surface area contributed by atoms with Gasteiger partial charge in [0.2, 0.25) is 0 Å². The molecule has 1 aliphatic heterocycles. The highest BCUT2D eigenvalue weighted by Gasteiger charge is 2.23. The number of rotatable bonds is 5. The minimum atomic E-state index is -0.746. The average Bonchev–Trinajstić information content (AvgIpc) is 2.27. The van der Waals surface area contributed by atoms with Gasteiger partial charge >= 0.3 is 5.97 Å². The van der Waals surface area contributed by atoms with Gasteiger partial charge in [0.25, 0.3) is 0 Å². The summed E-state index contributed by atoms with van der Waals surface area (Å²) in [6.07, 6.45) is 12.1. The fourth-order valence-electron chi connectivity index (χ4n) is 1.94. The Bertz CT molecular complexity index is 318. The first kappa shape index (κ1) is 12.6. The number of aliphatic carboxylic acids is 1. The van der Waals surface area contributed by atoms with Crippen LogP contribution in [-0.4, -0.2) is 28.6 Å². The molecule has 0 amide bonds. The molecule has 3 heteroatoms. The van der Waals surface area contributed by atoms with Crippen molar-refractivity contribution < 1.29 is 9.90 Å². The molecule has 1 heterocycles. The summed E-state index contributed by atoms with van der Waals surface area (Å²) in [5.41, 5.74) is 0. The van der Waals surface area contributed by atoms with Crippen molar-refractivity contribution in [2.24, 2.45) is 5.92 Å². The van der Waals surface area contributed by atoms with Crippen LogP contribution in [0.1, 0.15) is 20.3 Å². The van der Waals surface area contributed by atoms with E-state index in [9.17, 15) is 4.79 Å². The van der Waals surface area contributed by atoms with Crippen molar-refractivity contribution in [3.8, 4) is 0 Å². The van der Waals surface area contributed by atoms with Crippen LogP contribution < -0.4 is 0 Å². The maximum absolute atomic E-state index is 10.9. The van der Waals surface area contributed by atoms with Gasteiger partial charge in [0.15, 0.2) is 0 Å². The average molecular weight is 221 g/mol. The number of nitrogens with zero attached hydrogens (tertiary/aromatic N) is 1. The van der Waals surface area contributed by atoms with Gasteiger partial charge in [-0.05, 0) is 25.1 Å². The molecule has 0 aliphatic carbocycles. The Morgan fingerprint density at radius 2 is 2.31 bits per heavy atom. The molecule has 0 radical (unpaired) electrons. The van der Waals surface area contributed by atoms with Gasteiger partial charge in [0.05, 0.1) is 6.42 Å². The Balaban J connectivity index is 2.73. The summed E-state index contributed by atoms with van der Waals surface area (Å²) in [6, 6.07) is 0.0231. The van der Waals surface area contributed by atoms with Crippen LogP contribution in [0.2, 0.25) is 0 Å². The molecular formula is C13H19NO2. The summed E-state index contributed by atoms with van der Waals surface area (Å²) in [5.74, 6) is -0.512. The molecule has 2 atom stereocenters. The fourth-order valence-corrected chi connectivity index (χ4v) is 1.94. The van der Waals surface area contributed by atoms with Gasteiger partial charge in [-0.15, -0.1) is 0 Å². The fraction of sp³-hybridized carbons (Fsp3) is 0.462. The second-order valence-corrected chi connectivity index (χ2v) is 4.02. The highest BCUT2D eigenvalue weighted by atomic mass is 16.4. The lowest BCUT2D eigenvalue weighted by atomic mass is 9.96. The van der Waals surface area contributed by atoms with Gasteiger partial charge < -0.3 is 10.0 Å². The van der Waals surface area contributed by atoms with Gasteiger partial charge in [-0.25, -0.2) is 0 Å². The monoisotopic (exact) mass is 221 g/mol. The standard InChI is InChI=1S/C13H19NO2/c1-3-7-11(2)12(10-13(15)16)14-8-5-4-6-9-14/h3-8,11-12H,9-10H2,1-2H3,(H,15,16)/b7-3-. The van der Waals surface area contributed by atoms with Gasteiger partial charge in [0.1, 0.15) is 0 Å². The predicted molar refractivity (Wildman–Crippen MR) is 65.0 cm³/mol. The first-order chi connectivity index (χ1) is 7.65. The van der Waals surface area contributed by atoms with Crippen molar-refractivity contribution >= 4 is 5.97 Å². The second kappa shape index (κ2) is 6.16. The van der Waals surface area contributed by atoms with E-state index in [1.54, 1.807) is 0 Å². The van der Waals surface area contributed by atoms with Crippen molar-refractivity contribution in [2.75, 3.05) is 6.54 Å². The van der Waals surface area contributed by atoms with Crippen LogP contribution in [0.25, 0.3) is 0 Å². The molecule has 0 saturated heterocycles. The number of hydrogen-bond donors (Lipinski definition) is 1. The van der Waals surface area contributed by atoms with E-state index in [2.05, 4.69) is 17.9 Å². The third kappa shape index (κ3) is 3.57. The lowest BCUT2D eigenvalue weighted by Gasteiger charge is -2.33. The van der Waals surface area contributed by atoms with E-state index >= 15 is 0 Å². The van der Waals surface area contributed by atoms with E-state index in [0.29, 0.717) is 0 Å². The van der Waals surface area contributed by atoms with E-state index in [0.717, 1.165) is 6.54 Å². The summed E-state index contributed by atoms with van der Waals surface area (Å²) < 4.78 is 0. The molecular weight excluding hydrogens is 202 g/mol. The third-order valence-corrected chi connectivity index (χ3v) is 2.75. The molecule has 1 aliphatic rings. The van der Waals surface area contributed by atoms with Crippen molar-refractivity contribution in [1.29, 1.82) is 0 Å². The third-order valence-electron chi connectivity index (χ3n) is 2.75. The molecule has 88 valence electrons. The van der Waals surface area contributed by atoms with Gasteiger partial charge in [-0.2, -0.15) is 0 Å². The van der Waals surface area contributed by atoms with Gasteiger partial charge in [-0.3, -0.25) is 4.79 Å². The van der Waals surface area contributed by atoms with Gasteiger partial charge in [-0.1, -0.05) is 31.2 Å². The normalized spacial score (nSPS) is 19.0. The smallest absolute Gasteiger partial charge is 0.305 e. The molecule has 0 spiro atoms. The van der Waals surface area contributed by atoms with Gasteiger partial charge in [0, 0.05) is 12.6 Å². The SMILES string of the molecule is C/C=C\C(C)C(CC(=O)O)N1C=CC=CC1. The summed E-state index contributed by atoms with van der Waals surface area (Å²) in [5, 5.41) is 8.94. The molecule has 2 unspecified atom stereocenters. The molecule has 0 saturated carbocycles. The van der Waals surface area contributed by atoms with Crippen LogP contribution in [0.5, 0.6) is 0 Å². The van der Waals surface area contributed by atoms with Crippen molar-refractivity contribution in [2.45, 2.75) is 26.3 Å². The van der Waals surface area contributed by atoms with E-state index in [1.807, 2.05) is 37.4 Å². The second-order valence-electron chi connectivity index (χ2n) is 4.02. The number of carboxylic acid groups (broad SMARTS) is 1. The Hall–Kier alpha value is -1.51. The topological polar surface area (TPSA) is 40.5 Å². The quantitative estimate of drug-likeness (QED) is 0.725. The predicted octanol–water partition coefficient (Wildman–Crippen LogP) is 2.43. The van der Waals surface area contributed by atoms with Crippen molar-refractivity contribution in [1.82, 2.24) is 4.90 Å². The largest absolute Gasteiger partial charge is 0.481 e. The molecule has 0 fully saturated rings. The maximum Gasteiger partial charge on any atom is 0.305 e. The number of allylic oxidation sites excluding steroid dienone is 3. The first-order valence-electron chi connectivity index (χ1n) is 5.59. The minimum absolute atomic E-state index is 0.0231. The number of hydrogen-bond acceptors (Lipinski definition) is 2. The summed E-state index contributed by atoms with van der Waals surface area (Å²) in [6.45, 7) is 4.80. The molecule has 1 N–H and O–H groups in total. The molecule has 0 aromatic carbocycles. The lowest BCUT2D eigenvalue weighted by molar-refractivity contribution is -0.138. The zero-order valence-electron chi connectivity index (χ0n) is 9.84. The molecule has 0 bridgehead atoms. The highest BCUT2D eigenvalue weighted by molar-refractivity contribution is 5.67. The van der Waals surface area contributed by atoms with Crippen molar-refractivity contribution in [3.63, 3.8) is 0 Å². The summed E-state index contributed by atoms with van der Waals surface area (Å²) >= 11 is 0. The van der Waals surface area contributed by atoms with Crippen LogP contribution in [0.3, 0.4) is 0 Å².